The Kier molecular flexibility index (Phi) is 5.31. The van der Waals surface area contributed by atoms with Crippen LogP contribution in [0.25, 0.3) is 0 Å². The topological polar surface area (TPSA) is 55.4 Å². The zero-order valence-electron chi connectivity index (χ0n) is 10.2. The number of nitrogens with one attached hydrogen (secondary N) is 1. The average Bonchev–Trinajstić information content (AvgIpc) is 2.80. The molecule has 0 saturated carbocycles. The van der Waals surface area contributed by atoms with Crippen LogP contribution >= 0.6 is 11.3 Å². The van der Waals surface area contributed by atoms with Crippen LogP contribution in [-0.4, -0.2) is 30.9 Å². The Morgan fingerprint density at radius 1 is 1.47 bits per heavy atom. The van der Waals surface area contributed by atoms with Gasteiger partial charge < -0.3 is 10.1 Å². The van der Waals surface area contributed by atoms with Crippen molar-refractivity contribution >= 4 is 23.0 Å². The molecule has 0 unspecified atom stereocenters. The fourth-order valence-corrected chi connectivity index (χ4v) is 2.01. The van der Waals surface area contributed by atoms with Gasteiger partial charge in [0.05, 0.1) is 4.88 Å². The highest BCUT2D eigenvalue weighted by Crippen LogP contribution is 2.12. The number of ketones is 1. The fraction of sp³-hybridized carbons (Fsp3) is 0.500. The minimum absolute atomic E-state index is 0.0536. The van der Waals surface area contributed by atoms with E-state index in [-0.39, 0.29) is 17.7 Å². The van der Waals surface area contributed by atoms with Gasteiger partial charge in [-0.3, -0.25) is 9.59 Å². The van der Waals surface area contributed by atoms with Gasteiger partial charge in [-0.2, -0.15) is 0 Å². The van der Waals surface area contributed by atoms with Crippen molar-refractivity contribution in [2.45, 2.75) is 32.4 Å². The van der Waals surface area contributed by atoms with Crippen LogP contribution in [0.5, 0.6) is 0 Å². The fourth-order valence-electron chi connectivity index (χ4n) is 1.33. The van der Waals surface area contributed by atoms with E-state index in [1.165, 1.54) is 18.4 Å². The molecule has 0 fully saturated rings. The Labute approximate surface area is 105 Å². The summed E-state index contributed by atoms with van der Waals surface area (Å²) >= 11 is 1.42. The maximum Gasteiger partial charge on any atom is 0.249 e. The third kappa shape index (κ3) is 4.28. The van der Waals surface area contributed by atoms with Crippen LogP contribution in [-0.2, 0) is 9.53 Å². The SMILES string of the molecule is CO[C@H](C)C(=O)N[C@H](C)CC(=O)c1cccs1. The lowest BCUT2D eigenvalue weighted by molar-refractivity contribution is -0.130. The molecule has 0 aromatic carbocycles. The number of Topliss-reactive ketones (excluding diaryl/α,β-unsaturated/α-hetero) is 1. The molecule has 1 heterocycles. The first-order chi connectivity index (χ1) is 8.04. The summed E-state index contributed by atoms with van der Waals surface area (Å²) in [7, 11) is 1.48. The Balaban J connectivity index is 2.42. The number of ether oxygens (including phenoxy) is 1. The predicted octanol–water partition coefficient (Wildman–Crippen LogP) is 1.86. The van der Waals surface area contributed by atoms with E-state index >= 15 is 0 Å². The minimum atomic E-state index is -0.491. The number of amides is 1. The highest BCUT2D eigenvalue weighted by Gasteiger charge is 2.17. The zero-order valence-corrected chi connectivity index (χ0v) is 11.0. The van der Waals surface area contributed by atoms with Gasteiger partial charge in [-0.25, -0.2) is 0 Å². The number of rotatable bonds is 6. The molecule has 5 heteroatoms. The summed E-state index contributed by atoms with van der Waals surface area (Å²) in [6, 6.07) is 3.45. The van der Waals surface area contributed by atoms with E-state index in [4.69, 9.17) is 4.74 Å². The molecule has 2 atom stereocenters. The van der Waals surface area contributed by atoms with Crippen molar-refractivity contribution in [3.05, 3.63) is 22.4 Å². The van der Waals surface area contributed by atoms with E-state index in [1.807, 2.05) is 18.4 Å². The minimum Gasteiger partial charge on any atom is -0.372 e. The second kappa shape index (κ2) is 6.51. The van der Waals surface area contributed by atoms with Gasteiger partial charge >= 0.3 is 0 Å². The summed E-state index contributed by atoms with van der Waals surface area (Å²) in [6.07, 6.45) is -0.183. The molecule has 1 N–H and O–H groups in total. The second-order valence-corrected chi connectivity index (χ2v) is 4.84. The lowest BCUT2D eigenvalue weighted by atomic mass is 10.1. The van der Waals surface area contributed by atoms with Gasteiger partial charge in [-0.1, -0.05) is 6.07 Å². The Bertz CT molecular complexity index is 375. The zero-order chi connectivity index (χ0) is 12.8. The standard InChI is InChI=1S/C12H17NO3S/c1-8(13-12(15)9(2)16-3)7-10(14)11-5-4-6-17-11/h4-6,8-9H,7H2,1-3H3,(H,13,15)/t8-,9-/m1/s1. The van der Waals surface area contributed by atoms with Crippen LogP contribution in [0, 0.1) is 0 Å². The van der Waals surface area contributed by atoms with Gasteiger partial charge in [0.15, 0.2) is 5.78 Å². The van der Waals surface area contributed by atoms with E-state index < -0.39 is 6.10 Å². The van der Waals surface area contributed by atoms with Crippen LogP contribution in [0.3, 0.4) is 0 Å². The highest BCUT2D eigenvalue weighted by atomic mass is 32.1. The van der Waals surface area contributed by atoms with Crippen molar-refractivity contribution in [1.82, 2.24) is 5.32 Å². The summed E-state index contributed by atoms with van der Waals surface area (Å²) in [4.78, 5) is 24.0. The Hall–Kier alpha value is -1.20. The van der Waals surface area contributed by atoms with Crippen molar-refractivity contribution in [1.29, 1.82) is 0 Å². The summed E-state index contributed by atoms with van der Waals surface area (Å²) in [5, 5.41) is 4.61. The Morgan fingerprint density at radius 3 is 2.71 bits per heavy atom. The maximum absolute atomic E-state index is 11.8. The molecule has 17 heavy (non-hydrogen) atoms. The number of methoxy groups -OCH3 is 1. The average molecular weight is 255 g/mol. The van der Waals surface area contributed by atoms with Gasteiger partial charge in [0.25, 0.3) is 0 Å². The molecular formula is C12H17NO3S. The van der Waals surface area contributed by atoms with Crippen molar-refractivity contribution < 1.29 is 14.3 Å². The summed E-state index contributed by atoms with van der Waals surface area (Å²) in [5.41, 5.74) is 0. The van der Waals surface area contributed by atoms with Crippen molar-refractivity contribution in [3.8, 4) is 0 Å². The van der Waals surface area contributed by atoms with Gasteiger partial charge in [-0.05, 0) is 25.3 Å². The van der Waals surface area contributed by atoms with Crippen LogP contribution in [0.1, 0.15) is 29.9 Å². The normalized spacial score (nSPS) is 14.1. The molecule has 0 saturated heterocycles. The summed E-state index contributed by atoms with van der Waals surface area (Å²) in [5.74, 6) is -0.142. The van der Waals surface area contributed by atoms with Crippen LogP contribution in [0.15, 0.2) is 17.5 Å². The molecule has 0 aliphatic carbocycles. The summed E-state index contributed by atoms with van der Waals surface area (Å²) in [6.45, 7) is 3.48. The molecule has 0 aliphatic heterocycles. The number of thiophene rings is 1. The molecule has 1 aromatic rings. The largest absolute Gasteiger partial charge is 0.372 e. The van der Waals surface area contributed by atoms with E-state index in [1.54, 1.807) is 13.0 Å². The molecule has 0 aliphatic rings. The molecule has 0 bridgehead atoms. The lowest BCUT2D eigenvalue weighted by Gasteiger charge is -2.15. The molecule has 4 nitrogen and oxygen atoms in total. The van der Waals surface area contributed by atoms with E-state index in [0.717, 1.165) is 4.88 Å². The molecule has 1 rings (SSSR count). The quantitative estimate of drug-likeness (QED) is 0.789. The van der Waals surface area contributed by atoms with Crippen LogP contribution < -0.4 is 5.32 Å². The van der Waals surface area contributed by atoms with E-state index in [9.17, 15) is 9.59 Å². The molecule has 1 aromatic heterocycles. The van der Waals surface area contributed by atoms with Crippen LogP contribution in [0.2, 0.25) is 0 Å². The molecule has 0 spiro atoms. The number of carbonyl (C=O) groups excluding carboxylic acids is 2. The van der Waals surface area contributed by atoms with E-state index in [0.29, 0.717) is 6.42 Å². The third-order valence-corrected chi connectivity index (χ3v) is 3.31. The highest BCUT2D eigenvalue weighted by molar-refractivity contribution is 7.12. The Morgan fingerprint density at radius 2 is 2.18 bits per heavy atom. The molecule has 94 valence electrons. The van der Waals surface area contributed by atoms with Gasteiger partial charge in [0, 0.05) is 19.6 Å². The van der Waals surface area contributed by atoms with Gasteiger partial charge in [0.2, 0.25) is 5.91 Å². The van der Waals surface area contributed by atoms with Gasteiger partial charge in [0.1, 0.15) is 6.10 Å². The second-order valence-electron chi connectivity index (χ2n) is 3.89. The first-order valence-electron chi connectivity index (χ1n) is 5.44. The van der Waals surface area contributed by atoms with Gasteiger partial charge in [-0.15, -0.1) is 11.3 Å². The summed E-state index contributed by atoms with van der Waals surface area (Å²) < 4.78 is 4.90. The first-order valence-corrected chi connectivity index (χ1v) is 6.32. The maximum atomic E-state index is 11.8. The lowest BCUT2D eigenvalue weighted by Crippen LogP contribution is -2.40. The predicted molar refractivity (Wildman–Crippen MR) is 67.3 cm³/mol. The first kappa shape index (κ1) is 13.9. The number of hydrogen-bond acceptors (Lipinski definition) is 4. The van der Waals surface area contributed by atoms with E-state index in [2.05, 4.69) is 5.32 Å². The third-order valence-electron chi connectivity index (χ3n) is 2.40. The monoisotopic (exact) mass is 255 g/mol. The smallest absolute Gasteiger partial charge is 0.249 e. The van der Waals surface area contributed by atoms with Crippen LogP contribution in [0.4, 0.5) is 0 Å². The molecule has 1 amide bonds. The molecular weight excluding hydrogens is 238 g/mol. The van der Waals surface area contributed by atoms with Crippen molar-refractivity contribution in [3.63, 3.8) is 0 Å². The van der Waals surface area contributed by atoms with Crippen molar-refractivity contribution in [2.24, 2.45) is 0 Å². The molecule has 0 radical (unpaired) electrons. The number of carbonyl (C=O) groups is 2. The number of hydrogen-bond donors (Lipinski definition) is 1. The van der Waals surface area contributed by atoms with Crippen molar-refractivity contribution in [2.75, 3.05) is 7.11 Å².